The van der Waals surface area contributed by atoms with Gasteiger partial charge in [0.05, 0.1) is 6.61 Å². The first kappa shape index (κ1) is 22.0. The lowest BCUT2D eigenvalue weighted by Gasteiger charge is -2.57. The minimum Gasteiger partial charge on any atom is -0.463 e. The molecule has 8 nitrogen and oxygen atoms in total. The number of ether oxygens (including phenoxy) is 5. The van der Waals surface area contributed by atoms with Gasteiger partial charge in [-0.1, -0.05) is 6.08 Å². The van der Waals surface area contributed by atoms with Crippen LogP contribution >= 0.6 is 0 Å². The molecule has 2 aliphatic heterocycles. The summed E-state index contributed by atoms with van der Waals surface area (Å²) in [5.41, 5.74) is 2.29. The predicted octanol–water partition coefficient (Wildman–Crippen LogP) is 2.88. The number of methoxy groups -OCH3 is 1. The molecule has 0 N–H and O–H groups in total. The number of benzene rings is 1. The topological polar surface area (TPSA) is 86.8 Å². The summed E-state index contributed by atoms with van der Waals surface area (Å²) in [4.78, 5) is 26.3. The molecule has 2 aliphatic carbocycles. The number of rotatable bonds is 7. The van der Waals surface area contributed by atoms with E-state index in [0.717, 1.165) is 43.0 Å². The number of carbonyl (C=O) groups excluding carboxylic acids is 2. The van der Waals surface area contributed by atoms with Gasteiger partial charge < -0.3 is 28.6 Å². The van der Waals surface area contributed by atoms with Crippen molar-refractivity contribution in [2.75, 3.05) is 34.1 Å². The number of nitrogens with zero attached hydrogens (tertiary/aromatic N) is 1. The van der Waals surface area contributed by atoms with Gasteiger partial charge in [0.25, 0.3) is 0 Å². The molecule has 2 bridgehead atoms. The quantitative estimate of drug-likeness (QED) is 0.207. The van der Waals surface area contributed by atoms with Crippen LogP contribution in [0.4, 0.5) is 0 Å². The summed E-state index contributed by atoms with van der Waals surface area (Å²) in [7, 11) is 3.77. The van der Waals surface area contributed by atoms with Crippen molar-refractivity contribution in [3.05, 3.63) is 41.5 Å². The Bertz CT molecular complexity index is 1030. The molecule has 2 heterocycles. The summed E-state index contributed by atoms with van der Waals surface area (Å²) in [6, 6.07) is 2.47. The summed E-state index contributed by atoms with van der Waals surface area (Å²) in [6.07, 6.45) is 8.58. The Morgan fingerprint density at radius 1 is 1.24 bits per heavy atom. The second kappa shape index (κ2) is 8.50. The van der Waals surface area contributed by atoms with Crippen LogP contribution in [0.2, 0.25) is 0 Å². The molecule has 176 valence electrons. The monoisotopic (exact) mass is 455 g/mol. The molecule has 0 saturated carbocycles. The highest BCUT2D eigenvalue weighted by molar-refractivity contribution is 5.91. The third-order valence-electron chi connectivity index (χ3n) is 7.29. The van der Waals surface area contributed by atoms with Crippen LogP contribution < -0.4 is 9.47 Å². The van der Waals surface area contributed by atoms with Gasteiger partial charge in [0.15, 0.2) is 18.3 Å². The molecule has 0 radical (unpaired) electrons. The Morgan fingerprint density at radius 3 is 2.85 bits per heavy atom. The van der Waals surface area contributed by atoms with Crippen molar-refractivity contribution < 1.29 is 33.3 Å². The molecule has 5 rings (SSSR count). The van der Waals surface area contributed by atoms with E-state index in [1.165, 1.54) is 11.1 Å². The normalized spacial score (nSPS) is 28.9. The summed E-state index contributed by atoms with van der Waals surface area (Å²) >= 11 is 0. The molecular weight excluding hydrogens is 426 g/mol. The van der Waals surface area contributed by atoms with Gasteiger partial charge in [-0.2, -0.15) is 0 Å². The number of piperidine rings is 1. The molecule has 0 unspecified atom stereocenters. The molecule has 33 heavy (non-hydrogen) atoms. The maximum absolute atomic E-state index is 12.4. The van der Waals surface area contributed by atoms with Crippen LogP contribution in [-0.4, -0.2) is 63.1 Å². The third kappa shape index (κ3) is 3.81. The van der Waals surface area contributed by atoms with E-state index in [1.807, 2.05) is 6.08 Å². The summed E-state index contributed by atoms with van der Waals surface area (Å²) in [6.45, 7) is 3.09. The second-order valence-electron chi connectivity index (χ2n) is 9.05. The zero-order chi connectivity index (χ0) is 23.2. The molecule has 4 atom stereocenters. The van der Waals surface area contributed by atoms with E-state index in [4.69, 9.17) is 23.7 Å². The van der Waals surface area contributed by atoms with Crippen molar-refractivity contribution in [3.63, 3.8) is 0 Å². The van der Waals surface area contributed by atoms with Gasteiger partial charge >= 0.3 is 11.9 Å². The van der Waals surface area contributed by atoms with Crippen LogP contribution in [0.1, 0.15) is 30.9 Å². The average Bonchev–Trinajstić information content (AvgIpc) is 3.60. The molecule has 0 spiro atoms. The van der Waals surface area contributed by atoms with Gasteiger partial charge in [0.2, 0.25) is 5.75 Å². The Hall–Kier alpha value is -2.84. The fourth-order valence-electron chi connectivity index (χ4n) is 5.80. The molecule has 4 aliphatic rings. The van der Waals surface area contributed by atoms with Crippen LogP contribution in [-0.2, 0) is 35.6 Å². The van der Waals surface area contributed by atoms with Gasteiger partial charge in [-0.3, -0.25) is 0 Å². The maximum atomic E-state index is 12.4. The summed E-state index contributed by atoms with van der Waals surface area (Å²) < 4.78 is 27.3. The predicted molar refractivity (Wildman–Crippen MR) is 118 cm³/mol. The number of carbonyl (C=O) groups is 2. The van der Waals surface area contributed by atoms with E-state index in [1.54, 1.807) is 14.0 Å². The Kier molecular flexibility index (Phi) is 5.66. The highest BCUT2D eigenvalue weighted by Gasteiger charge is 2.56. The van der Waals surface area contributed by atoms with Crippen molar-refractivity contribution in [3.8, 4) is 17.2 Å². The molecule has 0 amide bonds. The second-order valence-corrected chi connectivity index (χ2v) is 9.05. The van der Waals surface area contributed by atoms with E-state index in [2.05, 4.69) is 24.1 Å². The zero-order valence-corrected chi connectivity index (χ0v) is 19.2. The van der Waals surface area contributed by atoms with Crippen molar-refractivity contribution >= 4 is 11.9 Å². The van der Waals surface area contributed by atoms with Gasteiger partial charge in [0, 0.05) is 42.2 Å². The van der Waals surface area contributed by atoms with Crippen molar-refractivity contribution in [2.24, 2.45) is 5.92 Å². The smallest absolute Gasteiger partial charge is 0.331 e. The van der Waals surface area contributed by atoms with E-state index in [-0.39, 0.29) is 24.9 Å². The van der Waals surface area contributed by atoms with E-state index < -0.39 is 11.9 Å². The number of hydrogen-bond acceptors (Lipinski definition) is 8. The lowest BCUT2D eigenvalue weighted by molar-refractivity contribution is -0.144. The van der Waals surface area contributed by atoms with E-state index >= 15 is 0 Å². The highest BCUT2D eigenvalue weighted by Crippen LogP contribution is 2.63. The third-order valence-corrected chi connectivity index (χ3v) is 7.29. The SMILES string of the molecule is CCOC(=O)C=CC(=O)O[C@H]1C=C[C@H]2[C@H]3Cc4c(cc(OCOC)c5c4O5)[C@@]2(CCN3C)C1. The first-order valence-corrected chi connectivity index (χ1v) is 11.4. The molecular formula is C25H29NO7. The molecule has 8 heteroatoms. The number of likely N-dealkylation sites (N-methyl/N-ethyl adjacent to an activating group) is 1. The van der Waals surface area contributed by atoms with Crippen LogP contribution in [0.3, 0.4) is 0 Å². The Balaban J connectivity index is 1.44. The van der Waals surface area contributed by atoms with Crippen LogP contribution in [0.25, 0.3) is 0 Å². The van der Waals surface area contributed by atoms with Crippen LogP contribution in [0.15, 0.2) is 30.4 Å². The first-order chi connectivity index (χ1) is 16.0. The van der Waals surface area contributed by atoms with E-state index in [0.29, 0.717) is 24.1 Å². The minimum absolute atomic E-state index is 0.156. The molecule has 1 aromatic carbocycles. The summed E-state index contributed by atoms with van der Waals surface area (Å²) in [5, 5.41) is 0. The first-order valence-electron chi connectivity index (χ1n) is 11.4. The Labute approximate surface area is 193 Å². The molecule has 0 aromatic heterocycles. The van der Waals surface area contributed by atoms with Crippen LogP contribution in [0, 0.1) is 5.92 Å². The van der Waals surface area contributed by atoms with Gasteiger partial charge in [0.1, 0.15) is 6.10 Å². The summed E-state index contributed by atoms with van der Waals surface area (Å²) in [5.74, 6) is 1.63. The highest BCUT2D eigenvalue weighted by atomic mass is 16.7. The minimum atomic E-state index is -0.558. The lowest BCUT2D eigenvalue weighted by Crippen LogP contribution is -2.60. The molecule has 1 fully saturated rings. The lowest BCUT2D eigenvalue weighted by atomic mass is 9.53. The maximum Gasteiger partial charge on any atom is 0.331 e. The number of fused-ring (bicyclic) bond motifs is 3. The van der Waals surface area contributed by atoms with Crippen molar-refractivity contribution in [1.29, 1.82) is 0 Å². The fourth-order valence-corrected chi connectivity index (χ4v) is 5.80. The number of likely N-dealkylation sites (tertiary alicyclic amines) is 1. The van der Waals surface area contributed by atoms with Crippen molar-refractivity contribution in [2.45, 2.75) is 43.7 Å². The molecule has 1 saturated heterocycles. The fraction of sp³-hybridized carbons (Fsp3) is 0.520. The van der Waals surface area contributed by atoms with Gasteiger partial charge in [-0.25, -0.2) is 9.59 Å². The van der Waals surface area contributed by atoms with Crippen LogP contribution in [0.5, 0.6) is 17.2 Å². The largest absolute Gasteiger partial charge is 0.463 e. The van der Waals surface area contributed by atoms with E-state index in [9.17, 15) is 9.59 Å². The van der Waals surface area contributed by atoms with Gasteiger partial charge in [-0.05, 0) is 57.5 Å². The number of hydrogen-bond donors (Lipinski definition) is 0. The van der Waals surface area contributed by atoms with Gasteiger partial charge in [-0.15, -0.1) is 0 Å². The molecule has 1 aromatic rings. The Morgan fingerprint density at radius 2 is 2.06 bits per heavy atom. The number of esters is 2. The van der Waals surface area contributed by atoms with Crippen molar-refractivity contribution in [1.82, 2.24) is 4.90 Å². The standard InChI is InChI=1S/C25H29NO7/c1-4-30-21(27)7-8-22(28)32-15-5-6-17-19-11-16-18(25(17,13-15)9-10-26(19)2)12-20(31-14-29-3)24-23(16)33-24/h5-8,12,15,17,19H,4,9-11,13-14H2,1-3H3/t15-,17-,19+,25-/m0/s1. The zero-order valence-electron chi connectivity index (χ0n) is 19.2. The average molecular weight is 456 g/mol.